The Bertz CT molecular complexity index is 791. The summed E-state index contributed by atoms with van der Waals surface area (Å²) in [5.74, 6) is -0.510. The standard InChI is InChI=1S/C16H17ClN4O3/c1-16(14(22)23)7-9-20(10-16)15(24)18-13-6-8-21(19-13)12-5-3-2-4-11(12)17/h2-6,8H,7,9-10H2,1H3,(H,22,23)(H,18,19,24). The molecule has 2 N–H and O–H groups in total. The van der Waals surface area contributed by atoms with Gasteiger partial charge in [-0.25, -0.2) is 9.48 Å². The number of carboxylic acid groups (broad SMARTS) is 1. The lowest BCUT2D eigenvalue weighted by atomic mass is 9.90. The molecule has 2 amide bonds. The zero-order valence-corrected chi connectivity index (χ0v) is 13.8. The van der Waals surface area contributed by atoms with Gasteiger partial charge in [0.05, 0.1) is 16.1 Å². The number of para-hydroxylation sites is 1. The number of likely N-dealkylation sites (tertiary alicyclic amines) is 1. The highest BCUT2D eigenvalue weighted by molar-refractivity contribution is 6.32. The number of carboxylic acids is 1. The molecule has 2 aromatic rings. The number of carbonyl (C=O) groups is 2. The molecule has 0 spiro atoms. The van der Waals surface area contributed by atoms with Gasteiger partial charge in [0, 0.05) is 25.4 Å². The van der Waals surface area contributed by atoms with Crippen molar-refractivity contribution in [3.8, 4) is 5.69 Å². The lowest BCUT2D eigenvalue weighted by molar-refractivity contribution is -0.146. The first-order valence-electron chi connectivity index (χ1n) is 7.49. The molecule has 0 aliphatic carbocycles. The van der Waals surface area contributed by atoms with Gasteiger partial charge in [0.1, 0.15) is 0 Å². The third-order valence-corrected chi connectivity index (χ3v) is 4.52. The largest absolute Gasteiger partial charge is 0.481 e. The van der Waals surface area contributed by atoms with Crippen LogP contribution in [0.15, 0.2) is 36.5 Å². The van der Waals surface area contributed by atoms with Gasteiger partial charge in [-0.15, -0.1) is 5.10 Å². The Balaban J connectivity index is 1.69. The molecule has 1 aliphatic rings. The van der Waals surface area contributed by atoms with Crippen molar-refractivity contribution >= 4 is 29.4 Å². The van der Waals surface area contributed by atoms with Crippen molar-refractivity contribution in [2.45, 2.75) is 13.3 Å². The summed E-state index contributed by atoms with van der Waals surface area (Å²) in [5, 5.41) is 16.8. The molecule has 1 saturated heterocycles. The van der Waals surface area contributed by atoms with Crippen molar-refractivity contribution in [3.05, 3.63) is 41.6 Å². The number of aliphatic carboxylic acids is 1. The minimum atomic E-state index is -0.895. The molecule has 1 atom stereocenters. The first-order valence-corrected chi connectivity index (χ1v) is 7.87. The summed E-state index contributed by atoms with van der Waals surface area (Å²) >= 11 is 6.13. The highest BCUT2D eigenvalue weighted by atomic mass is 35.5. The predicted octanol–water partition coefficient (Wildman–Crippen LogP) is 2.85. The van der Waals surface area contributed by atoms with Crippen molar-refractivity contribution in [1.82, 2.24) is 14.7 Å². The molecule has 1 unspecified atom stereocenters. The van der Waals surface area contributed by atoms with Crippen LogP contribution in [0, 0.1) is 5.41 Å². The molecule has 2 heterocycles. The van der Waals surface area contributed by atoms with E-state index in [1.165, 1.54) is 4.90 Å². The fourth-order valence-electron chi connectivity index (χ4n) is 2.66. The Morgan fingerprint density at radius 1 is 1.33 bits per heavy atom. The van der Waals surface area contributed by atoms with Crippen LogP contribution in [0.1, 0.15) is 13.3 Å². The minimum absolute atomic E-state index is 0.180. The van der Waals surface area contributed by atoms with Crippen LogP contribution in [0.3, 0.4) is 0 Å². The van der Waals surface area contributed by atoms with E-state index in [9.17, 15) is 14.7 Å². The molecular formula is C16H17ClN4O3. The fourth-order valence-corrected chi connectivity index (χ4v) is 2.88. The van der Waals surface area contributed by atoms with Gasteiger partial charge >= 0.3 is 12.0 Å². The zero-order valence-electron chi connectivity index (χ0n) is 13.1. The van der Waals surface area contributed by atoms with Gasteiger partial charge in [0.25, 0.3) is 0 Å². The van der Waals surface area contributed by atoms with E-state index in [1.807, 2.05) is 18.2 Å². The lowest BCUT2D eigenvalue weighted by Crippen LogP contribution is -2.37. The monoisotopic (exact) mass is 348 g/mol. The van der Waals surface area contributed by atoms with Crippen LogP contribution in [-0.4, -0.2) is 44.9 Å². The Morgan fingerprint density at radius 3 is 2.75 bits per heavy atom. The molecular weight excluding hydrogens is 332 g/mol. The van der Waals surface area contributed by atoms with Crippen LogP contribution in [-0.2, 0) is 4.79 Å². The van der Waals surface area contributed by atoms with E-state index in [1.54, 1.807) is 29.9 Å². The van der Waals surface area contributed by atoms with E-state index in [4.69, 9.17) is 11.6 Å². The van der Waals surface area contributed by atoms with E-state index in [-0.39, 0.29) is 12.6 Å². The number of hydrogen-bond donors (Lipinski definition) is 2. The molecule has 1 aliphatic heterocycles. The van der Waals surface area contributed by atoms with Crippen molar-refractivity contribution in [3.63, 3.8) is 0 Å². The Kier molecular flexibility index (Phi) is 4.19. The molecule has 8 heteroatoms. The summed E-state index contributed by atoms with van der Waals surface area (Å²) in [6, 6.07) is 8.55. The maximum absolute atomic E-state index is 12.3. The van der Waals surface area contributed by atoms with E-state index in [0.29, 0.717) is 29.5 Å². The summed E-state index contributed by atoms with van der Waals surface area (Å²) in [6.07, 6.45) is 2.13. The average Bonchev–Trinajstić information content (AvgIpc) is 3.15. The zero-order chi connectivity index (χ0) is 17.3. The van der Waals surface area contributed by atoms with Crippen molar-refractivity contribution in [2.75, 3.05) is 18.4 Å². The number of nitrogens with one attached hydrogen (secondary N) is 1. The molecule has 3 rings (SSSR count). The second kappa shape index (κ2) is 6.16. The number of rotatable bonds is 3. The van der Waals surface area contributed by atoms with E-state index in [0.717, 1.165) is 0 Å². The summed E-state index contributed by atoms with van der Waals surface area (Å²) in [4.78, 5) is 25.0. The van der Waals surface area contributed by atoms with Crippen molar-refractivity contribution in [2.24, 2.45) is 5.41 Å². The van der Waals surface area contributed by atoms with E-state index < -0.39 is 11.4 Å². The summed E-state index contributed by atoms with van der Waals surface area (Å²) in [7, 11) is 0. The van der Waals surface area contributed by atoms with Crippen molar-refractivity contribution < 1.29 is 14.7 Å². The molecule has 1 aromatic heterocycles. The predicted molar refractivity (Wildman–Crippen MR) is 89.5 cm³/mol. The second-order valence-corrected chi connectivity index (χ2v) is 6.47. The van der Waals surface area contributed by atoms with Gasteiger partial charge in [-0.05, 0) is 25.5 Å². The maximum atomic E-state index is 12.3. The number of urea groups is 1. The van der Waals surface area contributed by atoms with Crippen LogP contribution in [0.2, 0.25) is 5.02 Å². The van der Waals surface area contributed by atoms with Crippen LogP contribution in [0.5, 0.6) is 0 Å². The van der Waals surface area contributed by atoms with Gasteiger partial charge in [0.2, 0.25) is 0 Å². The van der Waals surface area contributed by atoms with Crippen LogP contribution < -0.4 is 5.32 Å². The van der Waals surface area contributed by atoms with Gasteiger partial charge in [-0.2, -0.15) is 0 Å². The third-order valence-electron chi connectivity index (χ3n) is 4.20. The highest BCUT2D eigenvalue weighted by Crippen LogP contribution is 2.30. The second-order valence-electron chi connectivity index (χ2n) is 6.06. The fraction of sp³-hybridized carbons (Fsp3) is 0.312. The molecule has 24 heavy (non-hydrogen) atoms. The topological polar surface area (TPSA) is 87.5 Å². The number of halogens is 1. The third kappa shape index (κ3) is 3.07. The van der Waals surface area contributed by atoms with Gasteiger partial charge in [-0.3, -0.25) is 10.1 Å². The first-order chi connectivity index (χ1) is 11.4. The van der Waals surface area contributed by atoms with Gasteiger partial charge in [-0.1, -0.05) is 23.7 Å². The number of carbonyl (C=O) groups excluding carboxylic acids is 1. The van der Waals surface area contributed by atoms with Crippen LogP contribution in [0.4, 0.5) is 10.6 Å². The van der Waals surface area contributed by atoms with Crippen molar-refractivity contribution in [1.29, 1.82) is 0 Å². The normalized spacial score (nSPS) is 20.2. The number of amides is 2. The molecule has 7 nitrogen and oxygen atoms in total. The summed E-state index contributed by atoms with van der Waals surface area (Å²) in [5.41, 5.74) is -0.187. The van der Waals surface area contributed by atoms with Crippen LogP contribution >= 0.6 is 11.6 Å². The Labute approximate surface area is 143 Å². The number of anilines is 1. The van der Waals surface area contributed by atoms with E-state index >= 15 is 0 Å². The molecule has 0 bridgehead atoms. The minimum Gasteiger partial charge on any atom is -0.481 e. The number of nitrogens with zero attached hydrogens (tertiary/aromatic N) is 3. The molecule has 1 fully saturated rings. The number of hydrogen-bond acceptors (Lipinski definition) is 3. The van der Waals surface area contributed by atoms with Crippen LogP contribution in [0.25, 0.3) is 5.69 Å². The first kappa shape index (κ1) is 16.3. The van der Waals surface area contributed by atoms with E-state index in [2.05, 4.69) is 10.4 Å². The molecule has 1 aromatic carbocycles. The highest BCUT2D eigenvalue weighted by Gasteiger charge is 2.42. The Hall–Kier alpha value is -2.54. The average molecular weight is 349 g/mol. The molecule has 0 radical (unpaired) electrons. The lowest BCUT2D eigenvalue weighted by Gasteiger charge is -2.20. The van der Waals surface area contributed by atoms with Gasteiger partial charge < -0.3 is 10.0 Å². The summed E-state index contributed by atoms with van der Waals surface area (Å²) < 4.78 is 1.57. The quantitative estimate of drug-likeness (QED) is 0.892. The summed E-state index contributed by atoms with van der Waals surface area (Å²) in [6.45, 7) is 2.23. The number of aromatic nitrogens is 2. The SMILES string of the molecule is CC1(C(=O)O)CCN(C(=O)Nc2ccn(-c3ccccc3Cl)n2)C1. The Morgan fingerprint density at radius 2 is 2.08 bits per heavy atom. The maximum Gasteiger partial charge on any atom is 0.323 e. The van der Waals surface area contributed by atoms with Gasteiger partial charge in [0.15, 0.2) is 5.82 Å². The smallest absolute Gasteiger partial charge is 0.323 e. The number of benzene rings is 1. The molecule has 0 saturated carbocycles. The molecule has 126 valence electrons.